The number of fused-ring (bicyclic) bond motifs is 2. The molecule has 0 saturated carbocycles. The summed E-state index contributed by atoms with van der Waals surface area (Å²) in [6.07, 6.45) is 5.60. The van der Waals surface area contributed by atoms with E-state index in [4.69, 9.17) is 10.5 Å². The van der Waals surface area contributed by atoms with E-state index in [9.17, 15) is 4.79 Å². The van der Waals surface area contributed by atoms with Crippen molar-refractivity contribution in [3.05, 3.63) is 24.0 Å². The Morgan fingerprint density at radius 2 is 2.39 bits per heavy atom. The van der Waals surface area contributed by atoms with Crippen molar-refractivity contribution >= 4 is 11.6 Å². The third kappa shape index (κ3) is 2.31. The van der Waals surface area contributed by atoms with Crippen molar-refractivity contribution in [2.75, 3.05) is 5.73 Å². The predicted octanol–water partition coefficient (Wildman–Crippen LogP) is 0.642. The Morgan fingerprint density at radius 1 is 1.50 bits per heavy atom. The fourth-order valence-corrected chi connectivity index (χ4v) is 2.75. The molecule has 0 radical (unpaired) electrons. The lowest BCUT2D eigenvalue weighted by molar-refractivity contribution is -0.121. The lowest BCUT2D eigenvalue weighted by Crippen LogP contribution is -2.42. The molecular weight excluding hydrogens is 230 g/mol. The monoisotopic (exact) mass is 247 g/mol. The van der Waals surface area contributed by atoms with Gasteiger partial charge in [-0.2, -0.15) is 0 Å². The molecule has 2 aliphatic heterocycles. The van der Waals surface area contributed by atoms with Crippen molar-refractivity contribution < 1.29 is 9.53 Å². The first-order valence-corrected chi connectivity index (χ1v) is 6.36. The molecule has 1 aromatic rings. The van der Waals surface area contributed by atoms with Crippen LogP contribution < -0.4 is 11.1 Å². The van der Waals surface area contributed by atoms with Crippen molar-refractivity contribution in [1.29, 1.82) is 0 Å². The van der Waals surface area contributed by atoms with E-state index >= 15 is 0 Å². The maximum absolute atomic E-state index is 11.9. The molecule has 5 heteroatoms. The minimum absolute atomic E-state index is 0.00780. The Kier molecular flexibility index (Phi) is 2.91. The fourth-order valence-electron chi connectivity index (χ4n) is 2.75. The van der Waals surface area contributed by atoms with Gasteiger partial charge in [0.2, 0.25) is 5.91 Å². The Bertz CT molecular complexity index is 446. The van der Waals surface area contributed by atoms with E-state index in [0.717, 1.165) is 25.0 Å². The third-order valence-corrected chi connectivity index (χ3v) is 3.64. The number of carbonyl (C=O) groups excluding carboxylic acids is 1. The second-order valence-electron chi connectivity index (χ2n) is 5.04. The van der Waals surface area contributed by atoms with Crippen molar-refractivity contribution in [2.24, 2.45) is 0 Å². The average molecular weight is 247 g/mol. The summed E-state index contributed by atoms with van der Waals surface area (Å²) in [6, 6.07) is 3.73. The van der Waals surface area contributed by atoms with E-state index in [1.165, 1.54) is 0 Å². The summed E-state index contributed by atoms with van der Waals surface area (Å²) in [7, 11) is 0. The Labute approximate surface area is 106 Å². The number of aromatic nitrogens is 1. The predicted molar refractivity (Wildman–Crippen MR) is 66.8 cm³/mol. The summed E-state index contributed by atoms with van der Waals surface area (Å²) >= 11 is 0. The van der Waals surface area contributed by atoms with Gasteiger partial charge in [-0.05, 0) is 31.4 Å². The zero-order valence-corrected chi connectivity index (χ0v) is 10.1. The van der Waals surface area contributed by atoms with Crippen LogP contribution in [0, 0.1) is 0 Å². The number of nitrogen functional groups attached to an aromatic ring is 1. The van der Waals surface area contributed by atoms with E-state index < -0.39 is 0 Å². The van der Waals surface area contributed by atoms with Gasteiger partial charge in [0.1, 0.15) is 0 Å². The van der Waals surface area contributed by atoms with Gasteiger partial charge in [-0.25, -0.2) is 0 Å². The SMILES string of the molecule is Nc1ccc(CC(=O)NC2CC3CCC2O3)nc1. The minimum Gasteiger partial charge on any atom is -0.397 e. The Morgan fingerprint density at radius 3 is 3.00 bits per heavy atom. The number of nitrogens with zero attached hydrogens (tertiary/aromatic N) is 1. The van der Waals surface area contributed by atoms with Gasteiger partial charge in [-0.3, -0.25) is 9.78 Å². The second-order valence-corrected chi connectivity index (χ2v) is 5.04. The van der Waals surface area contributed by atoms with E-state index in [2.05, 4.69) is 10.3 Å². The van der Waals surface area contributed by atoms with Crippen molar-refractivity contribution in [1.82, 2.24) is 10.3 Å². The van der Waals surface area contributed by atoms with Crippen molar-refractivity contribution in [3.8, 4) is 0 Å². The van der Waals surface area contributed by atoms with Gasteiger partial charge in [-0.1, -0.05) is 0 Å². The van der Waals surface area contributed by atoms with Crippen LogP contribution in [0.15, 0.2) is 18.3 Å². The number of ether oxygens (including phenoxy) is 1. The highest BCUT2D eigenvalue weighted by atomic mass is 16.5. The number of hydrogen-bond donors (Lipinski definition) is 2. The summed E-state index contributed by atoms with van der Waals surface area (Å²) in [5.41, 5.74) is 6.90. The summed E-state index contributed by atoms with van der Waals surface area (Å²) in [6.45, 7) is 0. The van der Waals surface area contributed by atoms with E-state index in [-0.39, 0.29) is 18.1 Å². The highest BCUT2D eigenvalue weighted by molar-refractivity contribution is 5.78. The number of rotatable bonds is 3. The van der Waals surface area contributed by atoms with Crippen LogP contribution in [0.25, 0.3) is 0 Å². The highest BCUT2D eigenvalue weighted by Crippen LogP contribution is 2.34. The maximum Gasteiger partial charge on any atom is 0.226 e. The number of nitrogens with two attached hydrogens (primary N) is 1. The van der Waals surface area contributed by atoms with Gasteiger partial charge in [-0.15, -0.1) is 0 Å². The van der Waals surface area contributed by atoms with Gasteiger partial charge in [0.05, 0.1) is 36.6 Å². The van der Waals surface area contributed by atoms with Gasteiger partial charge >= 0.3 is 0 Å². The van der Waals surface area contributed by atoms with E-state index in [1.807, 2.05) is 0 Å². The molecule has 3 heterocycles. The summed E-state index contributed by atoms with van der Waals surface area (Å²) in [4.78, 5) is 16.0. The molecule has 0 aliphatic carbocycles. The molecule has 0 aromatic carbocycles. The number of nitrogens with one attached hydrogen (secondary N) is 1. The highest BCUT2D eigenvalue weighted by Gasteiger charge is 2.41. The molecule has 3 rings (SSSR count). The molecule has 96 valence electrons. The lowest BCUT2D eigenvalue weighted by Gasteiger charge is -2.19. The molecule has 0 spiro atoms. The molecule has 3 atom stereocenters. The normalized spacial score (nSPS) is 29.4. The first-order valence-electron chi connectivity index (χ1n) is 6.36. The van der Waals surface area contributed by atoms with Gasteiger partial charge in [0.25, 0.3) is 0 Å². The van der Waals surface area contributed by atoms with Crippen molar-refractivity contribution in [3.63, 3.8) is 0 Å². The minimum atomic E-state index is 0.00780. The molecule has 2 bridgehead atoms. The molecule has 2 aliphatic rings. The van der Waals surface area contributed by atoms with Crippen LogP contribution in [-0.2, 0) is 16.0 Å². The maximum atomic E-state index is 11.9. The van der Waals surface area contributed by atoms with Crippen LogP contribution in [0.1, 0.15) is 25.0 Å². The van der Waals surface area contributed by atoms with Crippen LogP contribution in [0.4, 0.5) is 5.69 Å². The fraction of sp³-hybridized carbons (Fsp3) is 0.538. The summed E-state index contributed by atoms with van der Waals surface area (Å²) < 4.78 is 5.70. The van der Waals surface area contributed by atoms with E-state index in [0.29, 0.717) is 18.2 Å². The molecule has 3 N–H and O–H groups in total. The van der Waals surface area contributed by atoms with Crippen LogP contribution in [-0.4, -0.2) is 29.1 Å². The largest absolute Gasteiger partial charge is 0.397 e. The third-order valence-electron chi connectivity index (χ3n) is 3.64. The van der Waals surface area contributed by atoms with Gasteiger partial charge in [0, 0.05) is 5.69 Å². The first kappa shape index (κ1) is 11.5. The molecular formula is C13H17N3O2. The summed E-state index contributed by atoms with van der Waals surface area (Å²) in [5, 5.41) is 3.04. The van der Waals surface area contributed by atoms with Crippen LogP contribution in [0.3, 0.4) is 0 Å². The smallest absolute Gasteiger partial charge is 0.226 e. The Balaban J connectivity index is 1.54. The quantitative estimate of drug-likeness (QED) is 0.821. The number of pyridine rings is 1. The zero-order chi connectivity index (χ0) is 12.5. The second kappa shape index (κ2) is 4.57. The van der Waals surface area contributed by atoms with Gasteiger partial charge in [0.15, 0.2) is 0 Å². The van der Waals surface area contributed by atoms with Crippen LogP contribution >= 0.6 is 0 Å². The standard InChI is InChI=1S/C13H17N3O2/c14-8-1-2-9(15-7-8)5-13(17)16-11-6-10-3-4-12(11)18-10/h1-2,7,10-12H,3-6,14H2,(H,16,17). The zero-order valence-electron chi connectivity index (χ0n) is 10.1. The topological polar surface area (TPSA) is 77.2 Å². The number of carbonyl (C=O) groups is 1. The summed E-state index contributed by atoms with van der Waals surface area (Å²) in [5.74, 6) is 0.00780. The van der Waals surface area contributed by atoms with Crippen LogP contribution in [0.5, 0.6) is 0 Å². The first-order chi connectivity index (χ1) is 8.70. The molecule has 1 amide bonds. The van der Waals surface area contributed by atoms with Crippen molar-refractivity contribution in [2.45, 2.75) is 43.9 Å². The molecule has 5 nitrogen and oxygen atoms in total. The number of hydrogen-bond acceptors (Lipinski definition) is 4. The molecule has 2 fully saturated rings. The van der Waals surface area contributed by atoms with Crippen LogP contribution in [0.2, 0.25) is 0 Å². The number of anilines is 1. The molecule has 3 unspecified atom stereocenters. The van der Waals surface area contributed by atoms with E-state index in [1.54, 1.807) is 18.3 Å². The molecule has 1 aromatic heterocycles. The van der Waals surface area contributed by atoms with Gasteiger partial charge < -0.3 is 15.8 Å². The average Bonchev–Trinajstić information content (AvgIpc) is 2.94. The molecule has 2 saturated heterocycles. The Hall–Kier alpha value is -1.62. The lowest BCUT2D eigenvalue weighted by atomic mass is 9.95. The molecule has 18 heavy (non-hydrogen) atoms. The number of amides is 1.